The van der Waals surface area contributed by atoms with E-state index in [1.54, 1.807) is 12.1 Å². The van der Waals surface area contributed by atoms with Crippen molar-refractivity contribution in [2.45, 2.75) is 19.0 Å². The molecule has 7 heteroatoms. The fourth-order valence-electron chi connectivity index (χ4n) is 1.73. The van der Waals surface area contributed by atoms with Crippen LogP contribution in [0.25, 0.3) is 0 Å². The summed E-state index contributed by atoms with van der Waals surface area (Å²) in [6.45, 7) is 0.207. The number of hydrogen-bond donors (Lipinski definition) is 2. The molecular weight excluding hydrogens is 295 g/mol. The molecule has 0 aliphatic rings. The second kappa shape index (κ2) is 8.51. The molecule has 1 aromatic carbocycles. The highest BCUT2D eigenvalue weighted by atomic mass is 32.2. The molecule has 0 fully saturated rings. The third kappa shape index (κ3) is 6.03. The van der Waals surface area contributed by atoms with Gasteiger partial charge in [-0.05, 0) is 36.1 Å². The highest BCUT2D eigenvalue weighted by Gasteiger charge is 2.21. The van der Waals surface area contributed by atoms with Gasteiger partial charge in [0.2, 0.25) is 0 Å². The number of carboxylic acids is 1. The first-order valence-electron chi connectivity index (χ1n) is 6.42. The number of aliphatic carboxylic acids is 1. The number of rotatable bonds is 7. The van der Waals surface area contributed by atoms with Crippen molar-refractivity contribution < 1.29 is 19.1 Å². The quantitative estimate of drug-likeness (QED) is 0.809. The average molecular weight is 314 g/mol. The van der Waals surface area contributed by atoms with Gasteiger partial charge in [-0.1, -0.05) is 12.1 Å². The van der Waals surface area contributed by atoms with E-state index in [4.69, 9.17) is 5.11 Å². The highest BCUT2D eigenvalue weighted by molar-refractivity contribution is 7.98. The standard InChI is InChI=1S/C14H19FN2O3S/c1-17(9-10-4-3-5-11(15)8-10)14(20)16-12(13(18)19)6-7-21-2/h3-5,8,12H,6-7,9H2,1-2H3,(H,16,20)(H,18,19)/t12-/m0/s1. The number of hydrogen-bond acceptors (Lipinski definition) is 3. The van der Waals surface area contributed by atoms with Gasteiger partial charge in [0, 0.05) is 13.6 Å². The Labute approximate surface area is 127 Å². The van der Waals surface area contributed by atoms with Gasteiger partial charge in [-0.3, -0.25) is 0 Å². The molecule has 0 bridgehead atoms. The molecular formula is C14H19FN2O3S. The summed E-state index contributed by atoms with van der Waals surface area (Å²) in [6, 6.07) is 4.52. The fourth-order valence-corrected chi connectivity index (χ4v) is 2.20. The monoisotopic (exact) mass is 314 g/mol. The molecule has 0 unspecified atom stereocenters. The summed E-state index contributed by atoms with van der Waals surface area (Å²) in [5.41, 5.74) is 0.642. The van der Waals surface area contributed by atoms with Crippen LogP contribution in [0.5, 0.6) is 0 Å². The molecule has 0 aliphatic heterocycles. The van der Waals surface area contributed by atoms with Crippen LogP contribution >= 0.6 is 11.8 Å². The largest absolute Gasteiger partial charge is 0.480 e. The lowest BCUT2D eigenvalue weighted by atomic mass is 10.2. The molecule has 0 heterocycles. The Balaban J connectivity index is 2.58. The maximum atomic E-state index is 13.1. The molecule has 21 heavy (non-hydrogen) atoms. The first-order valence-corrected chi connectivity index (χ1v) is 7.81. The number of nitrogens with zero attached hydrogens (tertiary/aromatic N) is 1. The molecule has 0 saturated heterocycles. The van der Waals surface area contributed by atoms with E-state index in [9.17, 15) is 14.0 Å². The van der Waals surface area contributed by atoms with Crippen molar-refractivity contribution in [3.8, 4) is 0 Å². The van der Waals surface area contributed by atoms with Crippen LogP contribution < -0.4 is 5.32 Å². The van der Waals surface area contributed by atoms with Crippen LogP contribution in [0.15, 0.2) is 24.3 Å². The Morgan fingerprint density at radius 2 is 2.19 bits per heavy atom. The van der Waals surface area contributed by atoms with Gasteiger partial charge in [-0.25, -0.2) is 14.0 Å². The summed E-state index contributed by atoms with van der Waals surface area (Å²) >= 11 is 1.52. The second-order valence-corrected chi connectivity index (χ2v) is 5.59. The van der Waals surface area contributed by atoms with E-state index in [1.807, 2.05) is 6.26 Å². The number of halogens is 1. The van der Waals surface area contributed by atoms with E-state index in [0.29, 0.717) is 17.7 Å². The lowest BCUT2D eigenvalue weighted by Crippen LogP contribution is -2.46. The lowest BCUT2D eigenvalue weighted by molar-refractivity contribution is -0.139. The predicted octanol–water partition coefficient (Wildman–Crippen LogP) is 2.17. The molecule has 0 spiro atoms. The van der Waals surface area contributed by atoms with Gasteiger partial charge in [-0.15, -0.1) is 0 Å². The number of carbonyl (C=O) groups is 2. The minimum Gasteiger partial charge on any atom is -0.480 e. The SMILES string of the molecule is CSCC[C@H](NC(=O)N(C)Cc1cccc(F)c1)C(=O)O. The predicted molar refractivity (Wildman–Crippen MR) is 80.8 cm³/mol. The van der Waals surface area contributed by atoms with Crippen molar-refractivity contribution in [1.29, 1.82) is 0 Å². The number of thioether (sulfide) groups is 1. The number of urea groups is 1. The second-order valence-electron chi connectivity index (χ2n) is 4.61. The van der Waals surface area contributed by atoms with Crippen molar-refractivity contribution in [1.82, 2.24) is 10.2 Å². The van der Waals surface area contributed by atoms with Crippen molar-refractivity contribution in [2.75, 3.05) is 19.1 Å². The van der Waals surface area contributed by atoms with Crippen molar-refractivity contribution in [3.63, 3.8) is 0 Å². The molecule has 116 valence electrons. The molecule has 0 aliphatic carbocycles. The van der Waals surface area contributed by atoms with Crippen LogP contribution in [0.3, 0.4) is 0 Å². The lowest BCUT2D eigenvalue weighted by Gasteiger charge is -2.21. The van der Waals surface area contributed by atoms with Gasteiger partial charge in [0.1, 0.15) is 11.9 Å². The van der Waals surface area contributed by atoms with Gasteiger partial charge in [0.05, 0.1) is 0 Å². The Kier molecular flexibility index (Phi) is 7.01. The van der Waals surface area contributed by atoms with Crippen molar-refractivity contribution in [2.24, 2.45) is 0 Å². The summed E-state index contributed by atoms with van der Waals surface area (Å²) < 4.78 is 13.1. The third-order valence-electron chi connectivity index (χ3n) is 2.86. The first-order chi connectivity index (χ1) is 9.93. The number of carbonyl (C=O) groups excluding carboxylic acids is 1. The normalized spacial score (nSPS) is 11.8. The fraction of sp³-hybridized carbons (Fsp3) is 0.429. The molecule has 5 nitrogen and oxygen atoms in total. The van der Waals surface area contributed by atoms with E-state index in [2.05, 4.69) is 5.32 Å². The summed E-state index contributed by atoms with van der Waals surface area (Å²) in [5, 5.41) is 11.5. The summed E-state index contributed by atoms with van der Waals surface area (Å²) in [6.07, 6.45) is 2.23. The van der Waals surface area contributed by atoms with Crippen LogP contribution in [0.4, 0.5) is 9.18 Å². The van der Waals surface area contributed by atoms with Crippen LogP contribution in [0, 0.1) is 5.82 Å². The Hall–Kier alpha value is -1.76. The van der Waals surface area contributed by atoms with Gasteiger partial charge in [0.25, 0.3) is 0 Å². The molecule has 2 amide bonds. The van der Waals surface area contributed by atoms with E-state index in [1.165, 1.54) is 35.8 Å². The van der Waals surface area contributed by atoms with Crippen molar-refractivity contribution >= 4 is 23.8 Å². The topological polar surface area (TPSA) is 69.6 Å². The van der Waals surface area contributed by atoms with E-state index >= 15 is 0 Å². The van der Waals surface area contributed by atoms with Gasteiger partial charge < -0.3 is 15.3 Å². The molecule has 0 radical (unpaired) electrons. The number of carboxylic acid groups (broad SMARTS) is 1. The smallest absolute Gasteiger partial charge is 0.326 e. The minimum atomic E-state index is -1.06. The molecule has 1 rings (SSSR count). The van der Waals surface area contributed by atoms with E-state index < -0.39 is 18.0 Å². The molecule has 0 saturated carbocycles. The van der Waals surface area contributed by atoms with Crippen LogP contribution in [0.1, 0.15) is 12.0 Å². The van der Waals surface area contributed by atoms with Crippen molar-refractivity contribution in [3.05, 3.63) is 35.6 Å². The van der Waals surface area contributed by atoms with E-state index in [0.717, 1.165) is 0 Å². The third-order valence-corrected chi connectivity index (χ3v) is 3.51. The Bertz CT molecular complexity index is 499. The maximum Gasteiger partial charge on any atom is 0.326 e. The first kappa shape index (κ1) is 17.3. The molecule has 1 aromatic rings. The summed E-state index contributed by atoms with van der Waals surface area (Å²) in [7, 11) is 1.54. The van der Waals surface area contributed by atoms with Gasteiger partial charge >= 0.3 is 12.0 Å². The Morgan fingerprint density at radius 3 is 2.76 bits per heavy atom. The minimum absolute atomic E-state index is 0.207. The highest BCUT2D eigenvalue weighted by Crippen LogP contribution is 2.07. The zero-order valence-corrected chi connectivity index (χ0v) is 12.8. The number of amides is 2. The van der Waals surface area contributed by atoms with Crippen LogP contribution in [0.2, 0.25) is 0 Å². The number of benzene rings is 1. The molecule has 2 N–H and O–H groups in total. The van der Waals surface area contributed by atoms with Gasteiger partial charge in [-0.2, -0.15) is 11.8 Å². The van der Waals surface area contributed by atoms with Gasteiger partial charge in [0.15, 0.2) is 0 Å². The van der Waals surface area contributed by atoms with Crippen LogP contribution in [-0.2, 0) is 11.3 Å². The Morgan fingerprint density at radius 1 is 1.48 bits per heavy atom. The maximum absolute atomic E-state index is 13.1. The average Bonchev–Trinajstić information content (AvgIpc) is 2.42. The summed E-state index contributed by atoms with van der Waals surface area (Å²) in [5.74, 6) is -0.786. The molecule has 0 aromatic heterocycles. The van der Waals surface area contributed by atoms with E-state index in [-0.39, 0.29) is 12.4 Å². The zero-order chi connectivity index (χ0) is 15.8. The number of nitrogens with one attached hydrogen (secondary N) is 1. The molecule has 1 atom stereocenters. The summed E-state index contributed by atoms with van der Waals surface area (Å²) in [4.78, 5) is 24.4. The van der Waals surface area contributed by atoms with Crippen LogP contribution in [-0.4, -0.2) is 47.1 Å². The zero-order valence-electron chi connectivity index (χ0n) is 12.0.